The molecule has 4 aromatic carbocycles. The van der Waals surface area contributed by atoms with Crippen LogP contribution in [0.3, 0.4) is 0 Å². The second-order valence-electron chi connectivity index (χ2n) is 7.32. The number of esters is 1. The maximum atomic E-state index is 12.4. The number of nitro benzene ring substituents is 1. The van der Waals surface area contributed by atoms with Crippen molar-refractivity contribution in [1.29, 1.82) is 0 Å². The lowest BCUT2D eigenvalue weighted by atomic mass is 10.1. The maximum Gasteiger partial charge on any atom is 0.343 e. The number of hydrazone groups is 1. The van der Waals surface area contributed by atoms with E-state index in [2.05, 4.69) is 10.5 Å². The second-order valence-corrected chi connectivity index (χ2v) is 7.32. The normalized spacial score (nSPS) is 10.7. The first-order valence-corrected chi connectivity index (χ1v) is 10.5. The molecule has 0 bridgehead atoms. The Hall–Kier alpha value is -5.05. The SMILES string of the molecule is O=C(COc1ccc2ccccc2c1)N/N=C\c1ccccc1OC(=O)c1ccc([N+](=O)[O-])cc1. The summed E-state index contributed by atoms with van der Waals surface area (Å²) >= 11 is 0. The number of benzene rings is 4. The number of carbonyl (C=O) groups is 2. The molecule has 0 aliphatic carbocycles. The fourth-order valence-corrected chi connectivity index (χ4v) is 3.17. The summed E-state index contributed by atoms with van der Waals surface area (Å²) < 4.78 is 10.9. The van der Waals surface area contributed by atoms with Gasteiger partial charge in [0, 0.05) is 17.7 Å². The van der Waals surface area contributed by atoms with Gasteiger partial charge in [-0.3, -0.25) is 14.9 Å². The molecular formula is C26H19N3O6. The van der Waals surface area contributed by atoms with Crippen molar-refractivity contribution in [2.24, 2.45) is 5.10 Å². The van der Waals surface area contributed by atoms with Gasteiger partial charge >= 0.3 is 5.97 Å². The van der Waals surface area contributed by atoms with E-state index in [0.717, 1.165) is 10.8 Å². The molecule has 0 fully saturated rings. The van der Waals surface area contributed by atoms with Crippen molar-refractivity contribution in [3.8, 4) is 11.5 Å². The first-order chi connectivity index (χ1) is 17.0. The van der Waals surface area contributed by atoms with Crippen LogP contribution in [0.15, 0.2) is 96.1 Å². The van der Waals surface area contributed by atoms with Crippen molar-refractivity contribution in [3.63, 3.8) is 0 Å². The third kappa shape index (κ3) is 6.05. The monoisotopic (exact) mass is 469 g/mol. The smallest absolute Gasteiger partial charge is 0.343 e. The van der Waals surface area contributed by atoms with Gasteiger partial charge in [0.05, 0.1) is 16.7 Å². The van der Waals surface area contributed by atoms with E-state index in [1.54, 1.807) is 30.3 Å². The summed E-state index contributed by atoms with van der Waals surface area (Å²) in [4.78, 5) is 34.7. The summed E-state index contributed by atoms with van der Waals surface area (Å²) in [5.74, 6) is -0.379. The zero-order valence-electron chi connectivity index (χ0n) is 18.3. The number of nitro groups is 1. The molecule has 0 radical (unpaired) electrons. The van der Waals surface area contributed by atoms with Crippen LogP contribution in [-0.2, 0) is 4.79 Å². The Labute approximate surface area is 199 Å². The Morgan fingerprint density at radius 2 is 1.63 bits per heavy atom. The minimum Gasteiger partial charge on any atom is -0.484 e. The molecule has 0 aliphatic heterocycles. The molecule has 1 amide bonds. The number of carbonyl (C=O) groups excluding carboxylic acids is 2. The Kier molecular flexibility index (Phi) is 7.08. The van der Waals surface area contributed by atoms with E-state index in [-0.39, 0.29) is 23.6 Å². The van der Waals surface area contributed by atoms with Gasteiger partial charge in [-0.2, -0.15) is 5.10 Å². The molecule has 9 nitrogen and oxygen atoms in total. The van der Waals surface area contributed by atoms with Crippen LogP contribution < -0.4 is 14.9 Å². The zero-order chi connectivity index (χ0) is 24.6. The molecule has 9 heteroatoms. The average molecular weight is 469 g/mol. The Morgan fingerprint density at radius 3 is 2.40 bits per heavy atom. The summed E-state index contributed by atoms with van der Waals surface area (Å²) in [5.41, 5.74) is 2.84. The van der Waals surface area contributed by atoms with Gasteiger partial charge in [0.2, 0.25) is 0 Å². The van der Waals surface area contributed by atoms with E-state index in [1.807, 2.05) is 36.4 Å². The molecule has 0 aromatic heterocycles. The number of amides is 1. The zero-order valence-corrected chi connectivity index (χ0v) is 18.3. The molecule has 4 aromatic rings. The van der Waals surface area contributed by atoms with Crippen molar-refractivity contribution in [2.45, 2.75) is 0 Å². The van der Waals surface area contributed by atoms with Crippen LogP contribution in [0.2, 0.25) is 0 Å². The molecule has 35 heavy (non-hydrogen) atoms. The number of nitrogens with zero attached hydrogens (tertiary/aromatic N) is 2. The summed E-state index contributed by atoms with van der Waals surface area (Å²) in [6.45, 7) is -0.230. The summed E-state index contributed by atoms with van der Waals surface area (Å²) in [7, 11) is 0. The van der Waals surface area contributed by atoms with Crippen LogP contribution in [0.1, 0.15) is 15.9 Å². The Balaban J connectivity index is 1.33. The number of ether oxygens (including phenoxy) is 2. The summed E-state index contributed by atoms with van der Waals surface area (Å²) in [5, 5.41) is 16.7. The Bertz CT molecular complexity index is 1420. The van der Waals surface area contributed by atoms with E-state index >= 15 is 0 Å². The fourth-order valence-electron chi connectivity index (χ4n) is 3.17. The van der Waals surface area contributed by atoms with Gasteiger partial charge in [-0.25, -0.2) is 10.2 Å². The lowest BCUT2D eigenvalue weighted by Gasteiger charge is -2.08. The van der Waals surface area contributed by atoms with Gasteiger partial charge in [-0.05, 0) is 47.2 Å². The third-order valence-electron chi connectivity index (χ3n) is 4.92. The largest absolute Gasteiger partial charge is 0.484 e. The highest BCUT2D eigenvalue weighted by Crippen LogP contribution is 2.21. The fraction of sp³-hybridized carbons (Fsp3) is 0.0385. The molecule has 0 unspecified atom stereocenters. The van der Waals surface area contributed by atoms with Crippen molar-refractivity contribution >= 4 is 34.6 Å². The highest BCUT2D eigenvalue weighted by Gasteiger charge is 2.13. The Morgan fingerprint density at radius 1 is 0.914 bits per heavy atom. The molecule has 0 saturated carbocycles. The van der Waals surface area contributed by atoms with Crippen LogP contribution >= 0.6 is 0 Å². The quantitative estimate of drug-likeness (QED) is 0.133. The van der Waals surface area contributed by atoms with Gasteiger partial charge in [-0.15, -0.1) is 0 Å². The van der Waals surface area contributed by atoms with Crippen molar-refractivity contribution in [3.05, 3.63) is 112 Å². The molecule has 0 heterocycles. The van der Waals surface area contributed by atoms with E-state index in [0.29, 0.717) is 11.3 Å². The van der Waals surface area contributed by atoms with Gasteiger partial charge in [-0.1, -0.05) is 42.5 Å². The average Bonchev–Trinajstić information content (AvgIpc) is 2.88. The van der Waals surface area contributed by atoms with Crippen LogP contribution in [0.25, 0.3) is 10.8 Å². The number of rotatable bonds is 8. The van der Waals surface area contributed by atoms with E-state index < -0.39 is 16.8 Å². The molecule has 0 saturated heterocycles. The van der Waals surface area contributed by atoms with Crippen LogP contribution in [0, 0.1) is 10.1 Å². The summed E-state index contributed by atoms with van der Waals surface area (Å²) in [6, 6.07) is 25.0. The summed E-state index contributed by atoms with van der Waals surface area (Å²) in [6.07, 6.45) is 1.34. The number of non-ortho nitro benzene ring substituents is 1. The van der Waals surface area contributed by atoms with Gasteiger partial charge in [0.15, 0.2) is 6.61 Å². The maximum absolute atomic E-state index is 12.4. The number of hydrogen-bond acceptors (Lipinski definition) is 7. The van der Waals surface area contributed by atoms with Crippen LogP contribution in [-0.4, -0.2) is 29.6 Å². The molecule has 174 valence electrons. The predicted molar refractivity (Wildman–Crippen MR) is 130 cm³/mol. The van der Waals surface area contributed by atoms with Gasteiger partial charge in [0.25, 0.3) is 11.6 Å². The van der Waals surface area contributed by atoms with Crippen LogP contribution in [0.5, 0.6) is 11.5 Å². The lowest BCUT2D eigenvalue weighted by Crippen LogP contribution is -2.24. The first-order valence-electron chi connectivity index (χ1n) is 10.5. The molecule has 0 atom stereocenters. The molecule has 4 rings (SSSR count). The first kappa shape index (κ1) is 23.1. The minimum atomic E-state index is -0.687. The van der Waals surface area contributed by atoms with Crippen LogP contribution in [0.4, 0.5) is 5.69 Å². The molecule has 0 spiro atoms. The minimum absolute atomic E-state index is 0.130. The van der Waals surface area contributed by atoms with Crippen molar-refractivity contribution in [2.75, 3.05) is 6.61 Å². The van der Waals surface area contributed by atoms with Gasteiger partial charge in [0.1, 0.15) is 11.5 Å². The second kappa shape index (κ2) is 10.7. The van der Waals surface area contributed by atoms with E-state index in [9.17, 15) is 19.7 Å². The number of para-hydroxylation sites is 1. The molecule has 0 aliphatic rings. The number of hydrogen-bond donors (Lipinski definition) is 1. The number of fused-ring (bicyclic) bond motifs is 1. The standard InChI is InChI=1S/C26H19N3O6/c30-25(17-34-23-14-11-18-5-1-2-6-20(18)15-23)28-27-16-21-7-3-4-8-24(21)35-26(31)19-9-12-22(13-10-19)29(32)33/h1-16H,17H2,(H,28,30)/b27-16-. The molecule has 1 N–H and O–H groups in total. The third-order valence-corrected chi connectivity index (χ3v) is 4.92. The highest BCUT2D eigenvalue weighted by molar-refractivity contribution is 5.93. The van der Waals surface area contributed by atoms with Crippen molar-refractivity contribution in [1.82, 2.24) is 5.43 Å². The van der Waals surface area contributed by atoms with E-state index in [4.69, 9.17) is 9.47 Å². The number of nitrogens with one attached hydrogen (secondary N) is 1. The predicted octanol–water partition coefficient (Wildman–Crippen LogP) is 4.50. The van der Waals surface area contributed by atoms with Crippen molar-refractivity contribution < 1.29 is 24.0 Å². The van der Waals surface area contributed by atoms with Gasteiger partial charge < -0.3 is 9.47 Å². The topological polar surface area (TPSA) is 120 Å². The highest BCUT2D eigenvalue weighted by atomic mass is 16.6. The molecular weight excluding hydrogens is 450 g/mol. The lowest BCUT2D eigenvalue weighted by molar-refractivity contribution is -0.384. The van der Waals surface area contributed by atoms with E-state index in [1.165, 1.54) is 30.5 Å².